The Morgan fingerprint density at radius 2 is 1.83 bits per heavy atom. The largest absolute Gasteiger partial charge is 0.330 e. The van der Waals surface area contributed by atoms with Gasteiger partial charge in [-0.1, -0.05) is 30.3 Å². The molecular weight excluding hydrogens is 222 g/mol. The lowest BCUT2D eigenvalue weighted by Gasteiger charge is -2.19. The predicted octanol–water partition coefficient (Wildman–Crippen LogP) is 2.75. The van der Waals surface area contributed by atoms with Crippen molar-refractivity contribution in [2.75, 3.05) is 6.54 Å². The summed E-state index contributed by atoms with van der Waals surface area (Å²) in [6, 6.07) is 10.7. The van der Waals surface area contributed by atoms with E-state index in [-0.39, 0.29) is 6.04 Å². The fourth-order valence-corrected chi connectivity index (χ4v) is 2.31. The van der Waals surface area contributed by atoms with Crippen LogP contribution in [0.15, 0.2) is 30.3 Å². The molecular formula is C15H21N3. The predicted molar refractivity (Wildman–Crippen MR) is 74.7 cm³/mol. The van der Waals surface area contributed by atoms with E-state index in [1.165, 1.54) is 16.8 Å². The van der Waals surface area contributed by atoms with Gasteiger partial charge in [0.05, 0.1) is 11.7 Å². The Morgan fingerprint density at radius 3 is 2.33 bits per heavy atom. The lowest BCUT2D eigenvalue weighted by atomic mass is 10.0. The molecule has 1 heterocycles. The summed E-state index contributed by atoms with van der Waals surface area (Å²) in [5.41, 5.74) is 10.6. The van der Waals surface area contributed by atoms with Crippen LogP contribution in [-0.2, 0) is 0 Å². The molecule has 1 atom stereocenters. The van der Waals surface area contributed by atoms with Crippen LogP contribution < -0.4 is 5.73 Å². The third-order valence-electron chi connectivity index (χ3n) is 3.61. The van der Waals surface area contributed by atoms with Gasteiger partial charge >= 0.3 is 0 Å². The van der Waals surface area contributed by atoms with Crippen LogP contribution in [0.2, 0.25) is 0 Å². The molecule has 0 fully saturated rings. The van der Waals surface area contributed by atoms with Crippen LogP contribution in [0.1, 0.15) is 35.0 Å². The second kappa shape index (κ2) is 5.36. The Kier molecular flexibility index (Phi) is 3.82. The van der Waals surface area contributed by atoms with Gasteiger partial charge in [-0.05, 0) is 44.9 Å². The smallest absolute Gasteiger partial charge is 0.0783 e. The van der Waals surface area contributed by atoms with Crippen molar-refractivity contribution in [3.8, 4) is 0 Å². The molecule has 0 radical (unpaired) electrons. The van der Waals surface area contributed by atoms with E-state index in [0.717, 1.165) is 12.1 Å². The van der Waals surface area contributed by atoms with Gasteiger partial charge in [-0.3, -0.25) is 4.68 Å². The molecule has 2 rings (SSSR count). The van der Waals surface area contributed by atoms with Crippen molar-refractivity contribution >= 4 is 0 Å². The van der Waals surface area contributed by atoms with Crippen molar-refractivity contribution in [1.29, 1.82) is 0 Å². The second-order valence-electron chi connectivity index (χ2n) is 4.74. The number of rotatable bonds is 4. The minimum absolute atomic E-state index is 0.239. The van der Waals surface area contributed by atoms with Gasteiger partial charge in [-0.15, -0.1) is 0 Å². The van der Waals surface area contributed by atoms with Crippen molar-refractivity contribution in [2.24, 2.45) is 5.73 Å². The monoisotopic (exact) mass is 243 g/mol. The zero-order valence-corrected chi connectivity index (χ0v) is 11.4. The fourth-order valence-electron chi connectivity index (χ4n) is 2.31. The van der Waals surface area contributed by atoms with Gasteiger partial charge in [0, 0.05) is 5.69 Å². The third kappa shape index (κ3) is 2.31. The minimum atomic E-state index is 0.239. The molecule has 0 bridgehead atoms. The van der Waals surface area contributed by atoms with Crippen molar-refractivity contribution in [3.63, 3.8) is 0 Å². The first-order valence-corrected chi connectivity index (χ1v) is 6.42. The molecule has 0 saturated heterocycles. The molecule has 1 aromatic heterocycles. The Hall–Kier alpha value is -1.61. The van der Waals surface area contributed by atoms with Crippen LogP contribution in [0.25, 0.3) is 0 Å². The number of nitrogens with zero attached hydrogens (tertiary/aromatic N) is 2. The molecule has 0 amide bonds. The first kappa shape index (κ1) is 12.8. The van der Waals surface area contributed by atoms with E-state index in [2.05, 4.69) is 54.8 Å². The first-order chi connectivity index (χ1) is 8.65. The molecule has 18 heavy (non-hydrogen) atoms. The standard InChI is InChI=1S/C15H21N3/c1-11-12(2)17-18(13(11)3)15(9-10-16)14-7-5-4-6-8-14/h4-8,15H,9-10,16H2,1-3H3. The number of aromatic nitrogens is 2. The van der Waals surface area contributed by atoms with Crippen LogP contribution in [0.5, 0.6) is 0 Å². The van der Waals surface area contributed by atoms with Gasteiger partial charge in [0.1, 0.15) is 0 Å². The Morgan fingerprint density at radius 1 is 1.17 bits per heavy atom. The van der Waals surface area contributed by atoms with Gasteiger partial charge in [-0.25, -0.2) is 0 Å². The summed E-state index contributed by atoms with van der Waals surface area (Å²) in [5, 5.41) is 4.67. The number of benzene rings is 1. The topological polar surface area (TPSA) is 43.8 Å². The summed E-state index contributed by atoms with van der Waals surface area (Å²) in [4.78, 5) is 0. The zero-order chi connectivity index (χ0) is 13.1. The van der Waals surface area contributed by atoms with Crippen molar-refractivity contribution in [1.82, 2.24) is 9.78 Å². The highest BCUT2D eigenvalue weighted by atomic mass is 15.3. The van der Waals surface area contributed by atoms with Crippen molar-refractivity contribution in [3.05, 3.63) is 52.8 Å². The van der Waals surface area contributed by atoms with Gasteiger partial charge in [0.25, 0.3) is 0 Å². The van der Waals surface area contributed by atoms with Crippen molar-refractivity contribution < 1.29 is 0 Å². The van der Waals surface area contributed by atoms with Crippen LogP contribution in [-0.4, -0.2) is 16.3 Å². The Balaban J connectivity index is 2.45. The molecule has 0 saturated carbocycles. The molecule has 96 valence electrons. The van der Waals surface area contributed by atoms with E-state index in [0.29, 0.717) is 6.54 Å². The highest BCUT2D eigenvalue weighted by Gasteiger charge is 2.17. The minimum Gasteiger partial charge on any atom is -0.330 e. The highest BCUT2D eigenvalue weighted by Crippen LogP contribution is 2.24. The van der Waals surface area contributed by atoms with Crippen molar-refractivity contribution in [2.45, 2.75) is 33.2 Å². The normalized spacial score (nSPS) is 12.7. The molecule has 0 spiro atoms. The molecule has 0 aliphatic rings. The van der Waals surface area contributed by atoms with E-state index in [1.54, 1.807) is 0 Å². The number of nitrogens with two attached hydrogens (primary N) is 1. The highest BCUT2D eigenvalue weighted by molar-refractivity contribution is 5.26. The molecule has 1 aromatic carbocycles. The number of hydrogen-bond donors (Lipinski definition) is 1. The Labute approximate surface area is 109 Å². The summed E-state index contributed by atoms with van der Waals surface area (Å²) in [5.74, 6) is 0. The summed E-state index contributed by atoms with van der Waals surface area (Å²) < 4.78 is 2.12. The molecule has 2 aromatic rings. The average Bonchev–Trinajstić information content (AvgIpc) is 2.65. The van der Waals surface area contributed by atoms with E-state index in [9.17, 15) is 0 Å². The molecule has 3 heteroatoms. The second-order valence-corrected chi connectivity index (χ2v) is 4.74. The van der Waals surface area contributed by atoms with Crippen LogP contribution >= 0.6 is 0 Å². The average molecular weight is 243 g/mol. The van der Waals surface area contributed by atoms with E-state index in [4.69, 9.17) is 5.73 Å². The SMILES string of the molecule is Cc1nn(C(CCN)c2ccccc2)c(C)c1C. The Bertz CT molecular complexity index is 514. The summed E-state index contributed by atoms with van der Waals surface area (Å²) in [7, 11) is 0. The van der Waals surface area contributed by atoms with E-state index < -0.39 is 0 Å². The lowest BCUT2D eigenvalue weighted by molar-refractivity contribution is 0.482. The van der Waals surface area contributed by atoms with Gasteiger partial charge in [0.2, 0.25) is 0 Å². The molecule has 3 nitrogen and oxygen atoms in total. The molecule has 2 N–H and O–H groups in total. The maximum Gasteiger partial charge on any atom is 0.0783 e. The maximum absolute atomic E-state index is 5.76. The molecule has 0 aliphatic heterocycles. The lowest BCUT2D eigenvalue weighted by Crippen LogP contribution is -2.17. The maximum atomic E-state index is 5.76. The van der Waals surface area contributed by atoms with Gasteiger partial charge in [0.15, 0.2) is 0 Å². The summed E-state index contributed by atoms with van der Waals surface area (Å²) >= 11 is 0. The van der Waals surface area contributed by atoms with E-state index >= 15 is 0 Å². The number of hydrogen-bond acceptors (Lipinski definition) is 2. The zero-order valence-electron chi connectivity index (χ0n) is 11.4. The van der Waals surface area contributed by atoms with E-state index in [1.807, 2.05) is 6.07 Å². The number of aryl methyl sites for hydroxylation is 1. The summed E-state index contributed by atoms with van der Waals surface area (Å²) in [6.07, 6.45) is 0.908. The quantitative estimate of drug-likeness (QED) is 0.897. The summed E-state index contributed by atoms with van der Waals surface area (Å²) in [6.45, 7) is 6.97. The fraction of sp³-hybridized carbons (Fsp3) is 0.400. The van der Waals surface area contributed by atoms with Crippen LogP contribution in [0.4, 0.5) is 0 Å². The van der Waals surface area contributed by atoms with Gasteiger partial charge < -0.3 is 5.73 Å². The first-order valence-electron chi connectivity index (χ1n) is 6.42. The molecule has 1 unspecified atom stereocenters. The van der Waals surface area contributed by atoms with Gasteiger partial charge in [-0.2, -0.15) is 5.10 Å². The van der Waals surface area contributed by atoms with Crippen LogP contribution in [0.3, 0.4) is 0 Å². The van der Waals surface area contributed by atoms with Crippen LogP contribution in [0, 0.1) is 20.8 Å². The third-order valence-corrected chi connectivity index (χ3v) is 3.61. The molecule has 0 aliphatic carbocycles.